The number of ether oxygens (including phenoxy) is 1. The van der Waals surface area contributed by atoms with Gasteiger partial charge in [-0.1, -0.05) is 30.3 Å². The molecule has 0 atom stereocenters. The van der Waals surface area contributed by atoms with Gasteiger partial charge in [-0.3, -0.25) is 0 Å². The van der Waals surface area contributed by atoms with E-state index in [0.717, 1.165) is 16.6 Å². The summed E-state index contributed by atoms with van der Waals surface area (Å²) in [6.07, 6.45) is 1.87. The first-order valence-corrected chi connectivity index (χ1v) is 5.53. The second kappa shape index (κ2) is 4.29. The van der Waals surface area contributed by atoms with E-state index in [4.69, 9.17) is 4.74 Å². The minimum absolute atomic E-state index is 0. The van der Waals surface area contributed by atoms with E-state index in [1.54, 1.807) is 0 Å². The Morgan fingerprint density at radius 3 is 2.82 bits per heavy atom. The van der Waals surface area contributed by atoms with Crippen LogP contribution in [-0.4, -0.2) is 9.97 Å². The van der Waals surface area contributed by atoms with Gasteiger partial charge in [0.15, 0.2) is 0 Å². The van der Waals surface area contributed by atoms with E-state index < -0.39 is 0 Å². The molecule has 0 saturated carbocycles. The molecule has 2 heterocycles. The predicted molar refractivity (Wildman–Crippen MR) is 69.0 cm³/mol. The minimum atomic E-state index is 0. The number of hydrogen-bond donors (Lipinski definition) is 1. The minimum Gasteiger partial charge on any atom is -0.473 e. The molecule has 17 heavy (non-hydrogen) atoms. The third-order valence-corrected chi connectivity index (χ3v) is 2.61. The number of aromatic nitrogens is 2. The zero-order valence-electron chi connectivity index (χ0n) is 9.26. The Hall–Kier alpha value is -2.29. The van der Waals surface area contributed by atoms with Gasteiger partial charge in [0.2, 0.25) is 5.88 Å². The van der Waals surface area contributed by atoms with Crippen LogP contribution in [-0.2, 0) is 6.61 Å². The van der Waals surface area contributed by atoms with Crippen LogP contribution in [0.4, 0.5) is 0 Å². The summed E-state index contributed by atoms with van der Waals surface area (Å²) in [6, 6.07) is 15.9. The van der Waals surface area contributed by atoms with Crippen molar-refractivity contribution in [2.75, 3.05) is 0 Å². The Bertz CT molecular complexity index is 622. The zero-order valence-corrected chi connectivity index (χ0v) is 9.26. The maximum atomic E-state index is 5.64. The number of nitrogens with one attached hydrogen (secondary N) is 1. The summed E-state index contributed by atoms with van der Waals surface area (Å²) in [5, 5.41) is 1.09. The molecule has 3 aromatic rings. The molecular formula is C14H14N2O. The van der Waals surface area contributed by atoms with Gasteiger partial charge in [0.1, 0.15) is 12.3 Å². The van der Waals surface area contributed by atoms with Gasteiger partial charge in [-0.15, -0.1) is 0 Å². The van der Waals surface area contributed by atoms with Gasteiger partial charge in [0, 0.05) is 19.1 Å². The van der Waals surface area contributed by atoms with Crippen LogP contribution in [0.2, 0.25) is 0 Å². The van der Waals surface area contributed by atoms with Crippen molar-refractivity contribution in [1.82, 2.24) is 9.97 Å². The summed E-state index contributed by atoms with van der Waals surface area (Å²) in [7, 11) is 0. The number of H-pyrrole nitrogens is 1. The van der Waals surface area contributed by atoms with Crippen LogP contribution in [0.1, 0.15) is 6.99 Å². The van der Waals surface area contributed by atoms with Crippen molar-refractivity contribution in [2.45, 2.75) is 6.61 Å². The normalized spacial score (nSPS) is 10.6. The first-order chi connectivity index (χ1) is 8.42. The standard InChI is InChI=1S/C14H12N2O.H2/c1-2-4-11(5-3-1)10-17-13-7-6-12-8-9-15-14(12)16-13;/h1-9H,10H2,(H,15,16);1H. The smallest absolute Gasteiger partial charge is 0.215 e. The van der Waals surface area contributed by atoms with Gasteiger partial charge < -0.3 is 9.72 Å². The predicted octanol–water partition coefficient (Wildman–Crippen LogP) is 3.39. The summed E-state index contributed by atoms with van der Waals surface area (Å²) in [4.78, 5) is 7.44. The lowest BCUT2D eigenvalue weighted by atomic mass is 10.2. The lowest BCUT2D eigenvalue weighted by molar-refractivity contribution is 0.295. The van der Waals surface area contributed by atoms with Crippen molar-refractivity contribution in [3.05, 3.63) is 60.3 Å². The first kappa shape index (κ1) is 9.90. The van der Waals surface area contributed by atoms with Gasteiger partial charge in [0.25, 0.3) is 0 Å². The Morgan fingerprint density at radius 1 is 1.06 bits per heavy atom. The summed E-state index contributed by atoms with van der Waals surface area (Å²) in [5.74, 6) is 0.642. The average molecular weight is 226 g/mol. The van der Waals surface area contributed by atoms with Crippen molar-refractivity contribution in [3.63, 3.8) is 0 Å². The van der Waals surface area contributed by atoms with Crippen LogP contribution in [0, 0.1) is 0 Å². The highest BCUT2D eigenvalue weighted by atomic mass is 16.5. The fourth-order valence-electron chi connectivity index (χ4n) is 1.72. The van der Waals surface area contributed by atoms with Crippen molar-refractivity contribution in [3.8, 4) is 5.88 Å². The first-order valence-electron chi connectivity index (χ1n) is 5.53. The highest BCUT2D eigenvalue weighted by Crippen LogP contribution is 2.15. The van der Waals surface area contributed by atoms with Crippen LogP contribution in [0.15, 0.2) is 54.7 Å². The Balaban J connectivity index is 0.00000120. The molecule has 0 radical (unpaired) electrons. The number of nitrogens with zero attached hydrogens (tertiary/aromatic N) is 1. The molecule has 0 aliphatic carbocycles. The van der Waals surface area contributed by atoms with Crippen LogP contribution in [0.5, 0.6) is 5.88 Å². The molecule has 0 fully saturated rings. The molecule has 0 aliphatic heterocycles. The Morgan fingerprint density at radius 2 is 1.94 bits per heavy atom. The van der Waals surface area contributed by atoms with Crippen LogP contribution < -0.4 is 4.74 Å². The highest BCUT2D eigenvalue weighted by molar-refractivity contribution is 5.75. The lowest BCUT2D eigenvalue weighted by Crippen LogP contribution is -1.96. The number of rotatable bonds is 3. The lowest BCUT2D eigenvalue weighted by Gasteiger charge is -2.04. The number of aromatic amines is 1. The summed E-state index contributed by atoms with van der Waals surface area (Å²) < 4.78 is 5.64. The molecule has 1 N–H and O–H groups in total. The highest BCUT2D eigenvalue weighted by Gasteiger charge is 2.00. The van der Waals surface area contributed by atoms with E-state index in [-0.39, 0.29) is 1.43 Å². The van der Waals surface area contributed by atoms with Crippen LogP contribution in [0.25, 0.3) is 11.0 Å². The van der Waals surface area contributed by atoms with Crippen LogP contribution >= 0.6 is 0 Å². The van der Waals surface area contributed by atoms with E-state index >= 15 is 0 Å². The van der Waals surface area contributed by atoms with E-state index in [1.807, 2.05) is 54.7 Å². The summed E-state index contributed by atoms with van der Waals surface area (Å²) >= 11 is 0. The average Bonchev–Trinajstić information content (AvgIpc) is 2.85. The van der Waals surface area contributed by atoms with E-state index in [2.05, 4.69) is 9.97 Å². The molecule has 0 bridgehead atoms. The topological polar surface area (TPSA) is 37.9 Å². The number of fused-ring (bicyclic) bond motifs is 1. The largest absolute Gasteiger partial charge is 0.473 e. The van der Waals surface area contributed by atoms with Gasteiger partial charge in [-0.2, -0.15) is 4.98 Å². The zero-order chi connectivity index (χ0) is 11.5. The van der Waals surface area contributed by atoms with E-state index in [1.165, 1.54) is 0 Å². The van der Waals surface area contributed by atoms with Crippen molar-refractivity contribution < 1.29 is 6.16 Å². The van der Waals surface area contributed by atoms with Crippen LogP contribution in [0.3, 0.4) is 0 Å². The Labute approximate surface area is 101 Å². The van der Waals surface area contributed by atoms with E-state index in [9.17, 15) is 0 Å². The number of pyridine rings is 1. The molecule has 3 rings (SSSR count). The molecule has 0 spiro atoms. The quantitative estimate of drug-likeness (QED) is 0.743. The SMILES string of the molecule is [HH].c1ccc(COc2ccc3cc[nH]c3n2)cc1. The summed E-state index contributed by atoms with van der Waals surface area (Å²) in [6.45, 7) is 0.542. The third kappa shape index (κ3) is 2.13. The van der Waals surface area contributed by atoms with Gasteiger partial charge in [-0.05, 0) is 17.7 Å². The third-order valence-electron chi connectivity index (χ3n) is 2.61. The fraction of sp³-hybridized carbons (Fsp3) is 0.0714. The molecule has 3 nitrogen and oxygen atoms in total. The molecule has 86 valence electrons. The molecule has 3 heteroatoms. The monoisotopic (exact) mass is 226 g/mol. The number of hydrogen-bond acceptors (Lipinski definition) is 2. The van der Waals surface area contributed by atoms with Gasteiger partial charge >= 0.3 is 0 Å². The molecule has 1 aromatic carbocycles. The molecule has 2 aromatic heterocycles. The molecule has 0 unspecified atom stereocenters. The second-order valence-corrected chi connectivity index (χ2v) is 3.84. The maximum absolute atomic E-state index is 5.64. The maximum Gasteiger partial charge on any atom is 0.215 e. The Kier molecular flexibility index (Phi) is 2.50. The van der Waals surface area contributed by atoms with Crippen molar-refractivity contribution in [1.29, 1.82) is 0 Å². The molecule has 0 aliphatic rings. The second-order valence-electron chi connectivity index (χ2n) is 3.84. The van der Waals surface area contributed by atoms with Crippen molar-refractivity contribution in [2.24, 2.45) is 0 Å². The molecule has 0 saturated heterocycles. The summed E-state index contributed by atoms with van der Waals surface area (Å²) in [5.41, 5.74) is 2.00. The fourth-order valence-corrected chi connectivity index (χ4v) is 1.72. The van der Waals surface area contributed by atoms with E-state index in [0.29, 0.717) is 12.5 Å². The molecular weight excluding hydrogens is 212 g/mol. The number of benzene rings is 1. The van der Waals surface area contributed by atoms with Gasteiger partial charge in [-0.25, -0.2) is 0 Å². The van der Waals surface area contributed by atoms with Gasteiger partial charge in [0.05, 0.1) is 0 Å². The molecule has 0 amide bonds. The van der Waals surface area contributed by atoms with Crippen molar-refractivity contribution >= 4 is 11.0 Å².